The number of hydrogen-bond acceptors (Lipinski definition) is 5. The molecule has 0 bridgehead atoms. The summed E-state index contributed by atoms with van der Waals surface area (Å²) >= 11 is 0. The van der Waals surface area contributed by atoms with Crippen molar-refractivity contribution in [3.8, 4) is 0 Å². The van der Waals surface area contributed by atoms with Crippen LogP contribution >= 0.6 is 0 Å². The Labute approximate surface area is 169 Å². The molecule has 0 saturated carbocycles. The molecule has 0 aromatic heterocycles. The summed E-state index contributed by atoms with van der Waals surface area (Å²) in [5, 5.41) is 6.70. The molecule has 2 heterocycles. The number of likely N-dealkylation sites (tertiary alicyclic amines) is 1. The van der Waals surface area contributed by atoms with Crippen molar-refractivity contribution < 1.29 is 19.0 Å². The largest absolute Gasteiger partial charge is 0.444 e. The van der Waals surface area contributed by atoms with E-state index in [0.717, 1.165) is 77.6 Å². The molecule has 0 aromatic carbocycles. The third-order valence-corrected chi connectivity index (χ3v) is 4.81. The SMILES string of the molecule is CN=C(NCCCOC1CCOC1)NCC1CCCN(C(=O)OC(C)(C)C)C1. The predicted octanol–water partition coefficient (Wildman–Crippen LogP) is 1.99. The molecule has 2 aliphatic rings. The molecular formula is C20H38N4O4. The van der Waals surface area contributed by atoms with Crippen LogP contribution in [-0.2, 0) is 14.2 Å². The van der Waals surface area contributed by atoms with Crippen molar-refractivity contribution in [1.29, 1.82) is 0 Å². The normalized spacial score (nSPS) is 23.6. The first-order valence-corrected chi connectivity index (χ1v) is 10.5. The van der Waals surface area contributed by atoms with Crippen LogP contribution in [0.5, 0.6) is 0 Å². The van der Waals surface area contributed by atoms with Gasteiger partial charge in [-0.3, -0.25) is 4.99 Å². The van der Waals surface area contributed by atoms with Crippen molar-refractivity contribution in [2.75, 3.05) is 53.0 Å². The summed E-state index contributed by atoms with van der Waals surface area (Å²) in [5.74, 6) is 1.18. The van der Waals surface area contributed by atoms with Crippen LogP contribution in [0, 0.1) is 5.92 Å². The van der Waals surface area contributed by atoms with Gasteiger partial charge in [-0.05, 0) is 52.4 Å². The summed E-state index contributed by atoms with van der Waals surface area (Å²) in [6, 6.07) is 0. The summed E-state index contributed by atoms with van der Waals surface area (Å²) in [6.45, 7) is 11.0. The average molecular weight is 399 g/mol. The lowest BCUT2D eigenvalue weighted by Crippen LogP contribution is -2.47. The summed E-state index contributed by atoms with van der Waals surface area (Å²) < 4.78 is 16.6. The van der Waals surface area contributed by atoms with Crippen LogP contribution in [-0.4, -0.2) is 81.7 Å². The second kappa shape index (κ2) is 11.5. The van der Waals surface area contributed by atoms with E-state index in [9.17, 15) is 4.79 Å². The van der Waals surface area contributed by atoms with E-state index in [0.29, 0.717) is 5.92 Å². The van der Waals surface area contributed by atoms with E-state index in [1.54, 1.807) is 7.05 Å². The van der Waals surface area contributed by atoms with Crippen molar-refractivity contribution in [1.82, 2.24) is 15.5 Å². The monoisotopic (exact) mass is 398 g/mol. The number of ether oxygens (including phenoxy) is 3. The molecule has 162 valence electrons. The molecular weight excluding hydrogens is 360 g/mol. The van der Waals surface area contributed by atoms with Gasteiger partial charge in [0.2, 0.25) is 0 Å². The van der Waals surface area contributed by atoms with Gasteiger partial charge >= 0.3 is 6.09 Å². The fourth-order valence-corrected chi connectivity index (χ4v) is 3.36. The summed E-state index contributed by atoms with van der Waals surface area (Å²) in [5.41, 5.74) is -0.456. The van der Waals surface area contributed by atoms with Crippen molar-refractivity contribution in [2.45, 2.75) is 58.2 Å². The van der Waals surface area contributed by atoms with E-state index in [-0.39, 0.29) is 12.2 Å². The number of hydrogen-bond donors (Lipinski definition) is 2. The van der Waals surface area contributed by atoms with Crippen molar-refractivity contribution in [2.24, 2.45) is 10.9 Å². The Morgan fingerprint density at radius 1 is 1.29 bits per heavy atom. The van der Waals surface area contributed by atoms with Crippen LogP contribution in [0.4, 0.5) is 4.79 Å². The van der Waals surface area contributed by atoms with Gasteiger partial charge in [-0.15, -0.1) is 0 Å². The Kier molecular flexibility index (Phi) is 9.31. The molecule has 0 radical (unpaired) electrons. The molecule has 0 spiro atoms. The van der Waals surface area contributed by atoms with E-state index in [1.165, 1.54) is 0 Å². The number of nitrogens with zero attached hydrogens (tertiary/aromatic N) is 2. The molecule has 0 aliphatic carbocycles. The number of nitrogens with one attached hydrogen (secondary N) is 2. The molecule has 2 unspecified atom stereocenters. The van der Waals surface area contributed by atoms with Crippen LogP contribution in [0.15, 0.2) is 4.99 Å². The van der Waals surface area contributed by atoms with Crippen molar-refractivity contribution in [3.05, 3.63) is 0 Å². The molecule has 2 aliphatic heterocycles. The van der Waals surface area contributed by atoms with E-state index in [2.05, 4.69) is 15.6 Å². The van der Waals surface area contributed by atoms with Gasteiger partial charge in [0.15, 0.2) is 5.96 Å². The van der Waals surface area contributed by atoms with Gasteiger partial charge in [-0.25, -0.2) is 4.79 Å². The molecule has 2 N–H and O–H groups in total. The molecule has 8 heteroatoms. The summed E-state index contributed by atoms with van der Waals surface area (Å²) in [4.78, 5) is 18.4. The Balaban J connectivity index is 1.61. The minimum Gasteiger partial charge on any atom is -0.444 e. The fourth-order valence-electron chi connectivity index (χ4n) is 3.36. The van der Waals surface area contributed by atoms with Crippen LogP contribution in [0.2, 0.25) is 0 Å². The van der Waals surface area contributed by atoms with Crippen LogP contribution < -0.4 is 10.6 Å². The Morgan fingerprint density at radius 3 is 2.79 bits per heavy atom. The van der Waals surface area contributed by atoms with Crippen molar-refractivity contribution >= 4 is 12.1 Å². The number of carbonyl (C=O) groups is 1. The standard InChI is InChI=1S/C20H38N4O4/c1-20(2,3)28-19(25)24-10-5-7-16(14-24)13-23-18(21-4)22-9-6-11-27-17-8-12-26-15-17/h16-17H,5-15H2,1-4H3,(H2,21,22,23). The zero-order valence-corrected chi connectivity index (χ0v) is 18.0. The van der Waals surface area contributed by atoms with Gasteiger partial charge in [-0.1, -0.05) is 0 Å². The molecule has 2 fully saturated rings. The van der Waals surface area contributed by atoms with Gasteiger partial charge in [0, 0.05) is 46.4 Å². The highest BCUT2D eigenvalue weighted by molar-refractivity contribution is 5.79. The van der Waals surface area contributed by atoms with E-state index < -0.39 is 5.60 Å². The van der Waals surface area contributed by atoms with Gasteiger partial charge in [0.1, 0.15) is 5.60 Å². The molecule has 2 rings (SSSR count). The minimum absolute atomic E-state index is 0.215. The number of guanidine groups is 1. The van der Waals surface area contributed by atoms with Gasteiger partial charge in [0.25, 0.3) is 0 Å². The number of rotatable bonds is 7. The van der Waals surface area contributed by atoms with Gasteiger partial charge in [-0.2, -0.15) is 0 Å². The number of piperidine rings is 1. The smallest absolute Gasteiger partial charge is 0.410 e. The highest BCUT2D eigenvalue weighted by atomic mass is 16.6. The average Bonchev–Trinajstić information content (AvgIpc) is 3.16. The van der Waals surface area contributed by atoms with E-state index in [4.69, 9.17) is 14.2 Å². The lowest BCUT2D eigenvalue weighted by atomic mass is 9.98. The molecule has 2 atom stereocenters. The first kappa shape index (κ1) is 22.7. The summed E-state index contributed by atoms with van der Waals surface area (Å²) in [6.07, 6.45) is 4.07. The maximum Gasteiger partial charge on any atom is 0.410 e. The van der Waals surface area contributed by atoms with Crippen molar-refractivity contribution in [3.63, 3.8) is 0 Å². The highest BCUT2D eigenvalue weighted by Gasteiger charge is 2.27. The first-order valence-electron chi connectivity index (χ1n) is 10.5. The summed E-state index contributed by atoms with van der Waals surface area (Å²) in [7, 11) is 1.77. The highest BCUT2D eigenvalue weighted by Crippen LogP contribution is 2.18. The molecule has 2 saturated heterocycles. The quantitative estimate of drug-likeness (QED) is 0.388. The molecule has 1 amide bonds. The molecule has 28 heavy (non-hydrogen) atoms. The number of aliphatic imine (C=N–C) groups is 1. The second-order valence-corrected chi connectivity index (χ2v) is 8.52. The lowest BCUT2D eigenvalue weighted by Gasteiger charge is -2.34. The fraction of sp³-hybridized carbons (Fsp3) is 0.900. The third-order valence-electron chi connectivity index (χ3n) is 4.81. The Hall–Kier alpha value is -1.54. The topological polar surface area (TPSA) is 84.4 Å². The first-order chi connectivity index (χ1) is 13.4. The Morgan fingerprint density at radius 2 is 2.11 bits per heavy atom. The zero-order chi connectivity index (χ0) is 20.4. The lowest BCUT2D eigenvalue weighted by molar-refractivity contribution is 0.0168. The molecule has 8 nitrogen and oxygen atoms in total. The number of amides is 1. The maximum absolute atomic E-state index is 12.3. The van der Waals surface area contributed by atoms with Gasteiger partial charge < -0.3 is 29.7 Å². The third kappa shape index (κ3) is 8.65. The van der Waals surface area contributed by atoms with E-state index in [1.807, 2.05) is 25.7 Å². The van der Waals surface area contributed by atoms with Crippen LogP contribution in [0.1, 0.15) is 46.5 Å². The molecule has 0 aromatic rings. The number of carbonyl (C=O) groups excluding carboxylic acids is 1. The van der Waals surface area contributed by atoms with Crippen LogP contribution in [0.25, 0.3) is 0 Å². The Bertz CT molecular complexity index is 501. The zero-order valence-electron chi connectivity index (χ0n) is 18.0. The van der Waals surface area contributed by atoms with E-state index >= 15 is 0 Å². The maximum atomic E-state index is 12.3. The van der Waals surface area contributed by atoms with Gasteiger partial charge in [0.05, 0.1) is 12.7 Å². The minimum atomic E-state index is -0.456. The predicted molar refractivity (Wildman–Crippen MR) is 110 cm³/mol. The van der Waals surface area contributed by atoms with Crippen LogP contribution in [0.3, 0.4) is 0 Å². The second-order valence-electron chi connectivity index (χ2n) is 8.52.